The topological polar surface area (TPSA) is 72.0 Å². The fourth-order valence-corrected chi connectivity index (χ4v) is 0.917. The summed E-state index contributed by atoms with van der Waals surface area (Å²) in [4.78, 5) is 17.3. The first-order chi connectivity index (χ1) is 6.27. The first-order valence-corrected chi connectivity index (χ1v) is 4.36. The molecule has 1 rings (SSSR count). The Bertz CT molecular complexity index is 374. The van der Waals surface area contributed by atoms with E-state index in [0.717, 1.165) is 0 Å². The highest BCUT2D eigenvalue weighted by molar-refractivity contribution is 7.56. The maximum Gasteiger partial charge on any atom is 0.341 e. The van der Waals surface area contributed by atoms with Gasteiger partial charge >= 0.3 is 5.97 Å². The van der Waals surface area contributed by atoms with E-state index in [1.54, 1.807) is 6.92 Å². The Morgan fingerprint density at radius 1 is 1.77 bits per heavy atom. The molecule has 0 saturated carbocycles. The first kappa shape index (κ1) is 9.66. The summed E-state index contributed by atoms with van der Waals surface area (Å²) in [5.74, 6) is -0.450. The highest BCUT2D eigenvalue weighted by Crippen LogP contribution is 1.96. The lowest BCUT2D eigenvalue weighted by Gasteiger charge is -1.98. The number of aromatic amines is 1. The maximum atomic E-state index is 11.1. The van der Waals surface area contributed by atoms with E-state index in [2.05, 4.69) is 9.97 Å². The summed E-state index contributed by atoms with van der Waals surface area (Å²) in [6.07, 6.45) is 2.69. The zero-order valence-electron chi connectivity index (χ0n) is 6.94. The summed E-state index contributed by atoms with van der Waals surface area (Å²) in [7, 11) is 0. The van der Waals surface area contributed by atoms with E-state index in [4.69, 9.17) is 4.74 Å². The zero-order valence-corrected chi connectivity index (χ0v) is 7.76. The van der Waals surface area contributed by atoms with Crippen molar-refractivity contribution in [3.8, 4) is 0 Å². The second-order valence-corrected chi connectivity index (χ2v) is 2.66. The molecule has 0 aliphatic heterocycles. The Morgan fingerprint density at radius 3 is 3.00 bits per heavy atom. The number of aromatic nitrogens is 2. The molecule has 0 unspecified atom stereocenters. The predicted molar refractivity (Wildman–Crippen MR) is 45.9 cm³/mol. The number of carbonyl (C=O) groups is 1. The van der Waals surface area contributed by atoms with Gasteiger partial charge in [0.15, 0.2) is 0 Å². The van der Waals surface area contributed by atoms with Gasteiger partial charge in [-0.05, 0) is 6.92 Å². The molecule has 6 heteroatoms. The van der Waals surface area contributed by atoms with E-state index in [1.807, 2.05) is 0 Å². The molecule has 0 radical (unpaired) electrons. The molecule has 0 aliphatic carbocycles. The van der Waals surface area contributed by atoms with Crippen LogP contribution in [-0.4, -0.2) is 26.8 Å². The molecule has 0 fully saturated rings. The highest BCUT2D eigenvalue weighted by Gasteiger charge is 2.04. The van der Waals surface area contributed by atoms with Gasteiger partial charge < -0.3 is 9.72 Å². The number of carbonyl (C=O) groups excluding carboxylic acids is 1. The van der Waals surface area contributed by atoms with E-state index in [0.29, 0.717) is 12.2 Å². The smallest absolute Gasteiger partial charge is 0.341 e. The van der Waals surface area contributed by atoms with Gasteiger partial charge in [0.1, 0.15) is 11.3 Å². The van der Waals surface area contributed by atoms with E-state index in [1.165, 1.54) is 12.4 Å². The lowest BCUT2D eigenvalue weighted by molar-refractivity contribution is 0.0525. The van der Waals surface area contributed by atoms with Crippen LogP contribution in [0, 0.1) is 4.77 Å². The molecule has 0 amide bonds. The van der Waals surface area contributed by atoms with E-state index in [-0.39, 0.29) is 16.0 Å². The molecule has 0 aliphatic rings. The average molecular weight is 200 g/mol. The quantitative estimate of drug-likeness (QED) is 0.551. The second-order valence-electron chi connectivity index (χ2n) is 2.11. The van der Waals surface area contributed by atoms with E-state index >= 15 is 0 Å². The Labute approximate surface area is 77.9 Å². The minimum Gasteiger partial charge on any atom is -0.462 e. The van der Waals surface area contributed by atoms with E-state index in [9.17, 15) is 9.00 Å². The van der Waals surface area contributed by atoms with Gasteiger partial charge in [-0.1, -0.05) is 0 Å². The van der Waals surface area contributed by atoms with Crippen LogP contribution >= 0.6 is 0 Å². The number of esters is 1. The van der Waals surface area contributed by atoms with Crippen molar-refractivity contribution in [2.75, 3.05) is 6.61 Å². The Hall–Kier alpha value is -1.43. The number of ether oxygens (including phenoxy) is 1. The minimum atomic E-state index is -0.450. The summed E-state index contributed by atoms with van der Waals surface area (Å²) in [5, 5.41) is 0. The SMILES string of the molecule is CCOC(=O)c1cnc(=S=O)[nH]c1. The minimum absolute atomic E-state index is 0.216. The molecule has 13 heavy (non-hydrogen) atoms. The number of H-pyrrole nitrogens is 1. The third kappa shape index (κ3) is 2.51. The summed E-state index contributed by atoms with van der Waals surface area (Å²) in [6, 6.07) is 0. The van der Waals surface area contributed by atoms with Crippen LogP contribution in [0.2, 0.25) is 0 Å². The Morgan fingerprint density at radius 2 is 2.54 bits per heavy atom. The number of hydrogen-bond acceptors (Lipinski definition) is 4. The normalized spacial score (nSPS) is 9.31. The van der Waals surface area contributed by atoms with Crippen LogP contribution in [0.5, 0.6) is 0 Å². The number of nitrogens with zero attached hydrogens (tertiary/aromatic N) is 1. The van der Waals surface area contributed by atoms with Gasteiger partial charge in [0.25, 0.3) is 0 Å². The molecule has 1 N–H and O–H groups in total. The highest BCUT2D eigenvalue weighted by atomic mass is 32.1. The van der Waals surface area contributed by atoms with Crippen LogP contribution in [0.1, 0.15) is 17.3 Å². The average Bonchev–Trinajstić information content (AvgIpc) is 2.18. The van der Waals surface area contributed by atoms with Crippen molar-refractivity contribution in [1.82, 2.24) is 9.97 Å². The molecule has 0 atom stereocenters. The van der Waals surface area contributed by atoms with Gasteiger partial charge in [-0.15, -0.1) is 0 Å². The summed E-state index contributed by atoms with van der Waals surface area (Å²) < 4.78 is 15.2. The predicted octanol–water partition coefficient (Wildman–Crippen LogP) is 0.331. The maximum absolute atomic E-state index is 11.1. The van der Waals surface area contributed by atoms with Crippen molar-refractivity contribution in [3.63, 3.8) is 0 Å². The number of nitrogens with one attached hydrogen (secondary N) is 1. The zero-order chi connectivity index (χ0) is 9.68. The van der Waals surface area contributed by atoms with Crippen LogP contribution in [0.25, 0.3) is 0 Å². The Balaban J connectivity index is 2.92. The van der Waals surface area contributed by atoms with Crippen molar-refractivity contribution >= 4 is 17.2 Å². The molecule has 5 nitrogen and oxygen atoms in total. The summed E-state index contributed by atoms with van der Waals surface area (Å²) >= 11 is 0.234. The lowest BCUT2D eigenvalue weighted by Crippen LogP contribution is -2.05. The van der Waals surface area contributed by atoms with Crippen LogP contribution in [0.15, 0.2) is 12.4 Å². The van der Waals surface area contributed by atoms with Gasteiger partial charge in [0, 0.05) is 12.4 Å². The fraction of sp³-hybridized carbons (Fsp3) is 0.286. The molecule has 0 spiro atoms. The second kappa shape index (κ2) is 4.56. The van der Waals surface area contributed by atoms with Crippen molar-refractivity contribution in [1.29, 1.82) is 0 Å². The third-order valence-electron chi connectivity index (χ3n) is 1.26. The van der Waals surface area contributed by atoms with Crippen LogP contribution in [0.3, 0.4) is 0 Å². The van der Waals surface area contributed by atoms with Gasteiger partial charge in [-0.3, -0.25) is 0 Å². The summed E-state index contributed by atoms with van der Waals surface area (Å²) in [5.41, 5.74) is 0.305. The number of rotatable bonds is 2. The number of hydrogen-bond donors (Lipinski definition) is 1. The summed E-state index contributed by atoms with van der Waals surface area (Å²) in [6.45, 7) is 2.04. The first-order valence-electron chi connectivity index (χ1n) is 3.62. The monoisotopic (exact) mass is 200 g/mol. The largest absolute Gasteiger partial charge is 0.462 e. The van der Waals surface area contributed by atoms with Crippen molar-refractivity contribution in [2.45, 2.75) is 6.92 Å². The molecule has 0 aromatic carbocycles. The molecule has 1 heterocycles. The molecule has 1 aromatic heterocycles. The lowest BCUT2D eigenvalue weighted by atomic mass is 10.3. The van der Waals surface area contributed by atoms with E-state index < -0.39 is 5.97 Å². The molecule has 0 saturated heterocycles. The van der Waals surface area contributed by atoms with Gasteiger partial charge in [-0.2, -0.15) is 0 Å². The molecule has 0 bridgehead atoms. The van der Waals surface area contributed by atoms with Crippen molar-refractivity contribution in [3.05, 3.63) is 22.7 Å². The fourth-order valence-electron chi connectivity index (χ4n) is 0.714. The van der Waals surface area contributed by atoms with Gasteiger partial charge in [0.2, 0.25) is 4.77 Å². The van der Waals surface area contributed by atoms with Gasteiger partial charge in [0.05, 0.1) is 12.2 Å². The standard InChI is InChI=1S/C7H8N2O3S/c1-2-12-6(10)5-3-8-7(13-11)9-4-5/h3-4,8H,2H2,1H3. The van der Waals surface area contributed by atoms with Gasteiger partial charge in [-0.25, -0.2) is 14.0 Å². The third-order valence-corrected chi connectivity index (χ3v) is 1.64. The van der Waals surface area contributed by atoms with Crippen molar-refractivity contribution < 1.29 is 13.7 Å². The Kier molecular flexibility index (Phi) is 3.39. The molecule has 70 valence electrons. The van der Waals surface area contributed by atoms with Crippen molar-refractivity contribution in [2.24, 2.45) is 0 Å². The van der Waals surface area contributed by atoms with Crippen LogP contribution < -0.4 is 0 Å². The van der Waals surface area contributed by atoms with Crippen LogP contribution in [0.4, 0.5) is 0 Å². The molecular formula is C7H8N2O3S. The van der Waals surface area contributed by atoms with Crippen LogP contribution in [-0.2, 0) is 16.0 Å². The molecular weight excluding hydrogens is 192 g/mol. The molecule has 1 aromatic rings.